The Morgan fingerprint density at radius 1 is 1.29 bits per heavy atom. The van der Waals surface area contributed by atoms with Gasteiger partial charge < -0.3 is 5.11 Å². The summed E-state index contributed by atoms with van der Waals surface area (Å²) in [5.74, 6) is 1.24. The lowest BCUT2D eigenvalue weighted by Crippen LogP contribution is -2.54. The van der Waals surface area contributed by atoms with Crippen molar-refractivity contribution in [1.82, 2.24) is 0 Å². The zero-order valence-electron chi connectivity index (χ0n) is 14.7. The highest BCUT2D eigenvalue weighted by atomic mass is 16.3. The zero-order chi connectivity index (χ0) is 15.8. The SMILES string of the molecule is C=C1CCC2C(C)(C)C(O)CCC2(C)C1CCC=C(C)C. The van der Waals surface area contributed by atoms with Crippen LogP contribution >= 0.6 is 0 Å². The molecule has 4 atom stereocenters. The van der Waals surface area contributed by atoms with E-state index >= 15 is 0 Å². The molecule has 0 aromatic rings. The molecule has 0 radical (unpaired) electrons. The highest BCUT2D eigenvalue weighted by Gasteiger charge is 2.55. The van der Waals surface area contributed by atoms with Crippen molar-refractivity contribution in [3.05, 3.63) is 23.8 Å². The largest absolute Gasteiger partial charge is 0.393 e. The number of allylic oxidation sites excluding steroid dienone is 3. The van der Waals surface area contributed by atoms with E-state index in [4.69, 9.17) is 0 Å². The minimum atomic E-state index is -0.139. The fourth-order valence-electron chi connectivity index (χ4n) is 5.24. The maximum atomic E-state index is 10.5. The van der Waals surface area contributed by atoms with E-state index in [1.54, 1.807) is 0 Å². The van der Waals surface area contributed by atoms with E-state index < -0.39 is 0 Å². The van der Waals surface area contributed by atoms with Crippen LogP contribution in [0.4, 0.5) is 0 Å². The summed E-state index contributed by atoms with van der Waals surface area (Å²) < 4.78 is 0. The monoisotopic (exact) mass is 290 g/mol. The van der Waals surface area contributed by atoms with Crippen LogP contribution in [0.25, 0.3) is 0 Å². The standard InChI is InChI=1S/C20H34O/c1-14(2)8-7-9-16-15(3)10-11-17-19(4,5)18(21)12-13-20(16,17)6/h8,16-18,21H,3,7,9-13H2,1-2,4-6H3. The number of fused-ring (bicyclic) bond motifs is 1. The minimum Gasteiger partial charge on any atom is -0.393 e. The molecule has 1 N–H and O–H groups in total. The summed E-state index contributed by atoms with van der Waals surface area (Å²) in [6.45, 7) is 15.8. The molecule has 2 fully saturated rings. The molecular weight excluding hydrogens is 256 g/mol. The summed E-state index contributed by atoms with van der Waals surface area (Å²) in [5.41, 5.74) is 3.25. The van der Waals surface area contributed by atoms with E-state index in [0.29, 0.717) is 17.3 Å². The molecule has 0 aromatic heterocycles. The van der Waals surface area contributed by atoms with Gasteiger partial charge in [0.2, 0.25) is 0 Å². The van der Waals surface area contributed by atoms with Crippen LogP contribution in [0.5, 0.6) is 0 Å². The van der Waals surface area contributed by atoms with Gasteiger partial charge in [0, 0.05) is 0 Å². The second-order valence-electron chi connectivity index (χ2n) is 8.54. The third-order valence-electron chi connectivity index (χ3n) is 6.56. The van der Waals surface area contributed by atoms with E-state index in [1.165, 1.54) is 24.0 Å². The predicted molar refractivity (Wildman–Crippen MR) is 91.1 cm³/mol. The molecule has 120 valence electrons. The van der Waals surface area contributed by atoms with Gasteiger partial charge in [0.05, 0.1) is 6.10 Å². The predicted octanol–water partition coefficient (Wildman–Crippen LogP) is 5.50. The van der Waals surface area contributed by atoms with Gasteiger partial charge in [0.25, 0.3) is 0 Å². The molecule has 2 rings (SSSR count). The Morgan fingerprint density at radius 2 is 1.95 bits per heavy atom. The van der Waals surface area contributed by atoms with Crippen molar-refractivity contribution in [3.63, 3.8) is 0 Å². The smallest absolute Gasteiger partial charge is 0.0594 e. The van der Waals surface area contributed by atoms with Crippen molar-refractivity contribution >= 4 is 0 Å². The molecule has 0 amide bonds. The van der Waals surface area contributed by atoms with E-state index in [-0.39, 0.29) is 11.5 Å². The number of rotatable bonds is 3. The van der Waals surface area contributed by atoms with Gasteiger partial charge in [-0.15, -0.1) is 0 Å². The molecule has 2 saturated carbocycles. The average molecular weight is 290 g/mol. The maximum absolute atomic E-state index is 10.5. The van der Waals surface area contributed by atoms with Crippen molar-refractivity contribution in [2.75, 3.05) is 0 Å². The van der Waals surface area contributed by atoms with E-state index in [0.717, 1.165) is 25.7 Å². The fraction of sp³-hybridized carbons (Fsp3) is 0.800. The number of aliphatic hydroxyl groups is 1. The van der Waals surface area contributed by atoms with Crippen molar-refractivity contribution in [2.45, 2.75) is 79.2 Å². The van der Waals surface area contributed by atoms with E-state index in [9.17, 15) is 5.11 Å². The Hall–Kier alpha value is -0.560. The van der Waals surface area contributed by atoms with Gasteiger partial charge in [0.1, 0.15) is 0 Å². The van der Waals surface area contributed by atoms with Crippen LogP contribution < -0.4 is 0 Å². The van der Waals surface area contributed by atoms with Crippen molar-refractivity contribution in [1.29, 1.82) is 0 Å². The Bertz CT molecular complexity index is 427. The highest BCUT2D eigenvalue weighted by molar-refractivity contribution is 5.17. The molecule has 4 unspecified atom stereocenters. The molecule has 2 aliphatic rings. The Kier molecular flexibility index (Phi) is 4.73. The van der Waals surface area contributed by atoms with Gasteiger partial charge in [-0.05, 0) is 75.0 Å². The summed E-state index contributed by atoms with van der Waals surface area (Å²) in [6.07, 6.45) is 9.07. The third-order valence-corrected chi connectivity index (χ3v) is 6.56. The van der Waals surface area contributed by atoms with Crippen LogP contribution in [0.15, 0.2) is 23.8 Å². The average Bonchev–Trinajstić information content (AvgIpc) is 2.37. The van der Waals surface area contributed by atoms with Crippen molar-refractivity contribution in [2.24, 2.45) is 22.7 Å². The Morgan fingerprint density at radius 3 is 2.57 bits per heavy atom. The second-order valence-corrected chi connectivity index (χ2v) is 8.54. The van der Waals surface area contributed by atoms with Gasteiger partial charge >= 0.3 is 0 Å². The van der Waals surface area contributed by atoms with Crippen LogP contribution in [-0.4, -0.2) is 11.2 Å². The van der Waals surface area contributed by atoms with Gasteiger partial charge in [-0.3, -0.25) is 0 Å². The van der Waals surface area contributed by atoms with Crippen LogP contribution in [0.3, 0.4) is 0 Å². The first kappa shape index (κ1) is 16.8. The lowest BCUT2D eigenvalue weighted by atomic mass is 9.46. The molecule has 0 spiro atoms. The molecular formula is C20H34O. The maximum Gasteiger partial charge on any atom is 0.0594 e. The molecule has 1 heteroatoms. The number of hydrogen-bond donors (Lipinski definition) is 1. The van der Waals surface area contributed by atoms with E-state index in [1.807, 2.05) is 0 Å². The van der Waals surface area contributed by atoms with Crippen molar-refractivity contribution < 1.29 is 5.11 Å². The molecule has 21 heavy (non-hydrogen) atoms. The first-order valence-corrected chi connectivity index (χ1v) is 8.68. The molecule has 0 heterocycles. The van der Waals surface area contributed by atoms with Crippen LogP contribution in [0.1, 0.15) is 73.1 Å². The molecule has 0 bridgehead atoms. The Labute approximate surface area is 131 Å². The summed E-state index contributed by atoms with van der Waals surface area (Å²) in [4.78, 5) is 0. The van der Waals surface area contributed by atoms with E-state index in [2.05, 4.69) is 47.3 Å². The lowest BCUT2D eigenvalue weighted by Gasteiger charge is -2.59. The van der Waals surface area contributed by atoms with Crippen LogP contribution in [-0.2, 0) is 0 Å². The molecule has 0 aromatic carbocycles. The Balaban J connectivity index is 2.23. The fourth-order valence-corrected chi connectivity index (χ4v) is 5.24. The van der Waals surface area contributed by atoms with Crippen LogP contribution in [0, 0.1) is 22.7 Å². The second kappa shape index (κ2) is 5.91. The third kappa shape index (κ3) is 2.99. The highest BCUT2D eigenvalue weighted by Crippen LogP contribution is 2.61. The normalized spacial score (nSPS) is 38.8. The topological polar surface area (TPSA) is 20.2 Å². The van der Waals surface area contributed by atoms with Crippen LogP contribution in [0.2, 0.25) is 0 Å². The first-order chi connectivity index (χ1) is 9.69. The van der Waals surface area contributed by atoms with Gasteiger partial charge in [-0.2, -0.15) is 0 Å². The number of aliphatic hydroxyl groups excluding tert-OH is 1. The quantitative estimate of drug-likeness (QED) is 0.680. The summed E-state index contributed by atoms with van der Waals surface area (Å²) in [5, 5.41) is 10.5. The van der Waals surface area contributed by atoms with Crippen molar-refractivity contribution in [3.8, 4) is 0 Å². The molecule has 1 nitrogen and oxygen atoms in total. The lowest BCUT2D eigenvalue weighted by molar-refractivity contribution is -0.124. The zero-order valence-corrected chi connectivity index (χ0v) is 14.7. The van der Waals surface area contributed by atoms with Gasteiger partial charge in [-0.25, -0.2) is 0 Å². The van der Waals surface area contributed by atoms with Gasteiger partial charge in [-0.1, -0.05) is 44.6 Å². The van der Waals surface area contributed by atoms with Gasteiger partial charge in [0.15, 0.2) is 0 Å². The molecule has 2 aliphatic carbocycles. The first-order valence-electron chi connectivity index (χ1n) is 8.68. The summed E-state index contributed by atoms with van der Waals surface area (Å²) >= 11 is 0. The summed E-state index contributed by atoms with van der Waals surface area (Å²) in [6, 6.07) is 0. The molecule has 0 aliphatic heterocycles. The minimum absolute atomic E-state index is 0.0441. The molecule has 0 saturated heterocycles. The summed E-state index contributed by atoms with van der Waals surface area (Å²) in [7, 11) is 0. The number of hydrogen-bond acceptors (Lipinski definition) is 1.